The van der Waals surface area contributed by atoms with E-state index in [9.17, 15) is 4.79 Å². The molecule has 0 saturated carbocycles. The van der Waals surface area contributed by atoms with Crippen LogP contribution in [0.25, 0.3) is 5.82 Å². The normalized spacial score (nSPS) is 10.3. The van der Waals surface area contributed by atoms with E-state index in [-0.39, 0.29) is 5.91 Å². The largest absolute Gasteiger partial charge is 0.306 e. The first-order chi connectivity index (χ1) is 10.2. The molecule has 21 heavy (non-hydrogen) atoms. The Morgan fingerprint density at radius 3 is 2.86 bits per heavy atom. The van der Waals surface area contributed by atoms with Crippen molar-refractivity contribution in [1.82, 2.24) is 24.7 Å². The minimum absolute atomic E-state index is 0.220. The maximum absolute atomic E-state index is 12.2. The summed E-state index contributed by atoms with van der Waals surface area (Å²) in [5, 5.41) is 6.72. The van der Waals surface area contributed by atoms with Crippen LogP contribution in [0, 0.1) is 6.92 Å². The third-order valence-corrected chi connectivity index (χ3v) is 2.83. The lowest BCUT2D eigenvalue weighted by Crippen LogP contribution is -2.13. The highest BCUT2D eigenvalue weighted by Crippen LogP contribution is 2.10. The van der Waals surface area contributed by atoms with Gasteiger partial charge in [-0.05, 0) is 19.1 Å². The highest BCUT2D eigenvalue weighted by atomic mass is 16.1. The van der Waals surface area contributed by atoms with Crippen molar-refractivity contribution in [3.05, 3.63) is 60.4 Å². The van der Waals surface area contributed by atoms with Crippen LogP contribution in [0.3, 0.4) is 0 Å². The predicted octanol–water partition coefficient (Wildman–Crippen LogP) is 1.62. The van der Waals surface area contributed by atoms with Crippen LogP contribution in [0.4, 0.5) is 5.82 Å². The third kappa shape index (κ3) is 2.92. The highest BCUT2D eigenvalue weighted by Gasteiger charge is 2.08. The lowest BCUT2D eigenvalue weighted by molar-refractivity contribution is 0.102. The summed E-state index contributed by atoms with van der Waals surface area (Å²) in [5.74, 6) is 0.714. The van der Waals surface area contributed by atoms with Crippen molar-refractivity contribution in [3.8, 4) is 5.82 Å². The van der Waals surface area contributed by atoms with Gasteiger partial charge in [-0.1, -0.05) is 17.7 Å². The van der Waals surface area contributed by atoms with Crippen LogP contribution in [-0.4, -0.2) is 30.6 Å². The Balaban J connectivity index is 1.82. The first-order valence-corrected chi connectivity index (χ1v) is 6.27. The molecule has 3 rings (SSSR count). The molecule has 2 heterocycles. The monoisotopic (exact) mass is 280 g/mol. The van der Waals surface area contributed by atoms with E-state index < -0.39 is 0 Å². The van der Waals surface area contributed by atoms with Crippen LogP contribution in [0.2, 0.25) is 0 Å². The Hall–Kier alpha value is -3.09. The Labute approximate surface area is 120 Å². The number of anilines is 1. The summed E-state index contributed by atoms with van der Waals surface area (Å²) in [6.45, 7) is 1.93. The first-order valence-electron chi connectivity index (χ1n) is 6.27. The van der Waals surface area contributed by atoms with Crippen LogP contribution in [0.15, 0.2) is 49.3 Å². The second kappa shape index (κ2) is 5.49. The number of benzene rings is 1. The van der Waals surface area contributed by atoms with Crippen LogP contribution < -0.4 is 5.32 Å². The molecule has 0 saturated heterocycles. The van der Waals surface area contributed by atoms with Gasteiger partial charge >= 0.3 is 0 Å². The molecular formula is C14H12N6O. The second-order valence-corrected chi connectivity index (χ2v) is 4.43. The Bertz CT molecular complexity index is 769. The molecule has 0 aliphatic rings. The standard InChI is InChI=1S/C14H12N6O/c1-10-3-2-4-11(5-10)14(21)19-12-6-13(17-8-16-12)20-9-15-7-18-20/h2-9H,1H3,(H,16,17,19,21). The van der Waals surface area contributed by atoms with Gasteiger partial charge in [0.2, 0.25) is 0 Å². The summed E-state index contributed by atoms with van der Waals surface area (Å²) < 4.78 is 1.49. The van der Waals surface area contributed by atoms with Gasteiger partial charge < -0.3 is 5.32 Å². The zero-order valence-corrected chi connectivity index (χ0v) is 11.3. The highest BCUT2D eigenvalue weighted by molar-refractivity contribution is 6.03. The molecule has 1 aromatic carbocycles. The van der Waals surface area contributed by atoms with E-state index in [0.717, 1.165) is 5.56 Å². The molecule has 7 nitrogen and oxygen atoms in total. The van der Waals surface area contributed by atoms with E-state index in [1.807, 2.05) is 25.1 Å². The molecule has 0 aliphatic heterocycles. The Morgan fingerprint density at radius 1 is 1.19 bits per heavy atom. The lowest BCUT2D eigenvalue weighted by Gasteiger charge is -2.06. The molecule has 7 heteroatoms. The Kier molecular flexibility index (Phi) is 3.38. The number of aromatic nitrogens is 5. The van der Waals surface area contributed by atoms with Crippen LogP contribution in [0.5, 0.6) is 0 Å². The number of hydrogen-bond acceptors (Lipinski definition) is 5. The maximum atomic E-state index is 12.2. The predicted molar refractivity (Wildman–Crippen MR) is 76.1 cm³/mol. The van der Waals surface area contributed by atoms with Crippen LogP contribution in [-0.2, 0) is 0 Å². The Morgan fingerprint density at radius 2 is 2.10 bits per heavy atom. The number of nitrogens with zero attached hydrogens (tertiary/aromatic N) is 5. The van der Waals surface area contributed by atoms with E-state index in [0.29, 0.717) is 17.2 Å². The van der Waals surface area contributed by atoms with Crippen molar-refractivity contribution in [3.63, 3.8) is 0 Å². The van der Waals surface area contributed by atoms with Crippen molar-refractivity contribution < 1.29 is 4.79 Å². The lowest BCUT2D eigenvalue weighted by atomic mass is 10.1. The third-order valence-electron chi connectivity index (χ3n) is 2.83. The van der Waals surface area contributed by atoms with Gasteiger partial charge in [-0.3, -0.25) is 4.79 Å². The summed E-state index contributed by atoms with van der Waals surface area (Å²) in [4.78, 5) is 24.1. The van der Waals surface area contributed by atoms with E-state index in [1.54, 1.807) is 12.1 Å². The molecule has 0 atom stereocenters. The number of aryl methyl sites for hydroxylation is 1. The van der Waals surface area contributed by atoms with Crippen molar-refractivity contribution in [1.29, 1.82) is 0 Å². The van der Waals surface area contributed by atoms with Crippen LogP contribution in [0.1, 0.15) is 15.9 Å². The molecule has 0 radical (unpaired) electrons. The second-order valence-electron chi connectivity index (χ2n) is 4.43. The summed E-state index contributed by atoms with van der Waals surface area (Å²) in [5.41, 5.74) is 1.60. The van der Waals surface area contributed by atoms with E-state index in [4.69, 9.17) is 0 Å². The number of nitrogens with one attached hydrogen (secondary N) is 1. The quantitative estimate of drug-likeness (QED) is 0.788. The van der Waals surface area contributed by atoms with Gasteiger partial charge in [0.15, 0.2) is 5.82 Å². The molecule has 1 amide bonds. The van der Waals surface area contributed by atoms with Gasteiger partial charge in [-0.25, -0.2) is 19.6 Å². The number of hydrogen-bond donors (Lipinski definition) is 1. The summed E-state index contributed by atoms with van der Waals surface area (Å²) in [6, 6.07) is 8.97. The fraction of sp³-hybridized carbons (Fsp3) is 0.0714. The van der Waals surface area contributed by atoms with Gasteiger partial charge in [0.1, 0.15) is 24.8 Å². The summed E-state index contributed by atoms with van der Waals surface area (Å²) >= 11 is 0. The van der Waals surface area contributed by atoms with Gasteiger partial charge in [0.05, 0.1) is 0 Å². The van der Waals surface area contributed by atoms with E-state index >= 15 is 0 Å². The molecule has 1 N–H and O–H groups in total. The molecule has 0 spiro atoms. The van der Waals surface area contributed by atoms with E-state index in [1.165, 1.54) is 23.7 Å². The summed E-state index contributed by atoms with van der Waals surface area (Å²) in [7, 11) is 0. The molecule has 0 aliphatic carbocycles. The fourth-order valence-electron chi connectivity index (χ4n) is 1.84. The average molecular weight is 280 g/mol. The van der Waals surface area contributed by atoms with Crippen molar-refractivity contribution in [2.24, 2.45) is 0 Å². The topological polar surface area (TPSA) is 85.6 Å². The first kappa shape index (κ1) is 12.9. The molecule has 0 fully saturated rings. The van der Waals surface area contributed by atoms with Crippen molar-refractivity contribution in [2.45, 2.75) is 6.92 Å². The minimum Gasteiger partial charge on any atom is -0.306 e. The fourth-order valence-corrected chi connectivity index (χ4v) is 1.84. The van der Waals surface area contributed by atoms with Crippen LogP contribution >= 0.6 is 0 Å². The van der Waals surface area contributed by atoms with Crippen molar-refractivity contribution >= 4 is 11.7 Å². The zero-order valence-electron chi connectivity index (χ0n) is 11.3. The number of rotatable bonds is 3. The molecule has 3 aromatic rings. The molecular weight excluding hydrogens is 268 g/mol. The van der Waals surface area contributed by atoms with Crippen molar-refractivity contribution in [2.75, 3.05) is 5.32 Å². The van der Waals surface area contributed by atoms with Gasteiger partial charge in [-0.2, -0.15) is 5.10 Å². The molecule has 104 valence electrons. The van der Waals surface area contributed by atoms with Gasteiger partial charge in [0.25, 0.3) is 5.91 Å². The molecule has 0 bridgehead atoms. The number of carbonyl (C=O) groups excluding carboxylic acids is 1. The molecule has 2 aromatic heterocycles. The number of amides is 1. The number of carbonyl (C=O) groups is 1. The van der Waals surface area contributed by atoms with Gasteiger partial charge in [0, 0.05) is 11.6 Å². The minimum atomic E-state index is -0.220. The zero-order chi connectivity index (χ0) is 14.7. The summed E-state index contributed by atoms with van der Waals surface area (Å²) in [6.07, 6.45) is 4.30. The molecule has 0 unspecified atom stereocenters. The van der Waals surface area contributed by atoms with E-state index in [2.05, 4.69) is 25.4 Å². The SMILES string of the molecule is Cc1cccc(C(=O)Nc2cc(-n3cncn3)ncn2)c1. The van der Waals surface area contributed by atoms with Gasteiger partial charge in [-0.15, -0.1) is 0 Å². The smallest absolute Gasteiger partial charge is 0.256 e. The maximum Gasteiger partial charge on any atom is 0.256 e. The average Bonchev–Trinajstić information content (AvgIpc) is 3.02.